The lowest BCUT2D eigenvalue weighted by Gasteiger charge is -2.16. The maximum Gasteiger partial charge on any atom is 0.332 e. The monoisotopic (exact) mass is 376 g/mol. The summed E-state index contributed by atoms with van der Waals surface area (Å²) in [6, 6.07) is 17.0. The van der Waals surface area contributed by atoms with Crippen molar-refractivity contribution in [3.8, 4) is 17.6 Å². The number of hydrogen-bond donors (Lipinski definition) is 1. The Balaban J connectivity index is 1.92. The third-order valence-electron chi connectivity index (χ3n) is 4.41. The number of nitrogens with one attached hydrogen (secondary N) is 1. The van der Waals surface area contributed by atoms with Crippen LogP contribution in [0.1, 0.15) is 16.7 Å². The second kappa shape index (κ2) is 7.84. The summed E-state index contributed by atoms with van der Waals surface area (Å²) >= 11 is 0. The van der Waals surface area contributed by atoms with Gasteiger partial charge in [-0.2, -0.15) is 5.26 Å². The van der Waals surface area contributed by atoms with E-state index in [-0.39, 0.29) is 17.9 Å². The molecule has 0 amide bonds. The fraction of sp³-hybridized carbons (Fsp3) is 0.190. The van der Waals surface area contributed by atoms with Crippen molar-refractivity contribution in [1.82, 2.24) is 9.13 Å². The number of nitriles is 1. The Morgan fingerprint density at radius 2 is 1.82 bits per heavy atom. The molecule has 1 heterocycles. The lowest BCUT2D eigenvalue weighted by atomic mass is 10.2. The van der Waals surface area contributed by atoms with Gasteiger partial charge in [-0.05, 0) is 30.7 Å². The van der Waals surface area contributed by atoms with Crippen molar-refractivity contribution in [2.45, 2.75) is 13.5 Å². The van der Waals surface area contributed by atoms with Gasteiger partial charge >= 0.3 is 5.69 Å². The molecule has 1 aromatic heterocycles. The highest BCUT2D eigenvalue weighted by Gasteiger charge is 2.15. The zero-order chi connectivity index (χ0) is 20.3. The molecule has 2 aromatic carbocycles. The molecule has 142 valence electrons. The first-order valence-electron chi connectivity index (χ1n) is 8.68. The van der Waals surface area contributed by atoms with Crippen molar-refractivity contribution < 1.29 is 4.74 Å². The number of rotatable bonds is 5. The molecule has 0 bridgehead atoms. The Morgan fingerprint density at radius 1 is 1.07 bits per heavy atom. The molecule has 0 saturated carbocycles. The van der Waals surface area contributed by atoms with Gasteiger partial charge in [0.1, 0.15) is 23.4 Å². The standard InChI is InChI=1S/C21H20N4O3/c1-14-7-6-9-16(11-14)28-18-10-5-4-8-15(18)13-23-19-17(12-22)20(26)25(3)21(27)24(19)2/h4-11,23H,13H2,1-3H3. The van der Waals surface area contributed by atoms with Crippen LogP contribution < -0.4 is 21.3 Å². The second-order valence-electron chi connectivity index (χ2n) is 6.42. The molecule has 0 atom stereocenters. The maximum absolute atomic E-state index is 12.2. The zero-order valence-corrected chi connectivity index (χ0v) is 15.9. The van der Waals surface area contributed by atoms with E-state index in [1.165, 1.54) is 18.7 Å². The highest BCUT2D eigenvalue weighted by Crippen LogP contribution is 2.26. The molecule has 3 rings (SSSR count). The lowest BCUT2D eigenvalue weighted by molar-refractivity contribution is 0.476. The molecule has 3 aromatic rings. The van der Waals surface area contributed by atoms with Crippen molar-refractivity contribution in [3.63, 3.8) is 0 Å². The van der Waals surface area contributed by atoms with E-state index in [0.29, 0.717) is 11.5 Å². The average Bonchev–Trinajstić information content (AvgIpc) is 2.69. The molecular weight excluding hydrogens is 356 g/mol. The normalized spacial score (nSPS) is 10.4. The van der Waals surface area contributed by atoms with Crippen molar-refractivity contribution in [2.75, 3.05) is 5.32 Å². The number of para-hydroxylation sites is 1. The molecule has 0 aliphatic heterocycles. The van der Waals surface area contributed by atoms with Crippen LogP contribution in [-0.2, 0) is 20.6 Å². The van der Waals surface area contributed by atoms with Crippen molar-refractivity contribution in [1.29, 1.82) is 5.26 Å². The van der Waals surface area contributed by atoms with E-state index in [0.717, 1.165) is 15.7 Å². The van der Waals surface area contributed by atoms with Gasteiger partial charge in [0.2, 0.25) is 0 Å². The number of ether oxygens (including phenoxy) is 1. The van der Waals surface area contributed by atoms with E-state index in [4.69, 9.17) is 4.74 Å². The molecule has 0 aliphatic rings. The van der Waals surface area contributed by atoms with Crippen LogP contribution in [0.3, 0.4) is 0 Å². The molecule has 0 aliphatic carbocycles. The highest BCUT2D eigenvalue weighted by molar-refractivity contribution is 5.52. The fourth-order valence-electron chi connectivity index (χ4n) is 2.89. The quantitative estimate of drug-likeness (QED) is 0.739. The average molecular weight is 376 g/mol. The Bertz CT molecular complexity index is 1190. The Morgan fingerprint density at radius 3 is 2.54 bits per heavy atom. The number of hydrogen-bond acceptors (Lipinski definition) is 5. The predicted molar refractivity (Wildman–Crippen MR) is 107 cm³/mol. The van der Waals surface area contributed by atoms with Crippen LogP contribution in [0.15, 0.2) is 58.1 Å². The summed E-state index contributed by atoms with van der Waals surface area (Å²) in [6.45, 7) is 2.26. The van der Waals surface area contributed by atoms with E-state index in [1.54, 1.807) is 0 Å². The van der Waals surface area contributed by atoms with Crippen LogP contribution in [0.5, 0.6) is 11.5 Å². The number of aryl methyl sites for hydroxylation is 1. The van der Waals surface area contributed by atoms with Gasteiger partial charge in [0.25, 0.3) is 5.56 Å². The topological polar surface area (TPSA) is 89.1 Å². The van der Waals surface area contributed by atoms with Crippen LogP contribution in [0, 0.1) is 18.3 Å². The number of nitrogens with zero attached hydrogens (tertiary/aromatic N) is 3. The van der Waals surface area contributed by atoms with Crippen LogP contribution in [0.25, 0.3) is 0 Å². The van der Waals surface area contributed by atoms with Gasteiger partial charge in [-0.15, -0.1) is 0 Å². The first-order chi connectivity index (χ1) is 13.4. The van der Waals surface area contributed by atoms with Crippen molar-refractivity contribution in [3.05, 3.63) is 86.1 Å². The van der Waals surface area contributed by atoms with Gasteiger partial charge < -0.3 is 10.1 Å². The van der Waals surface area contributed by atoms with Crippen molar-refractivity contribution >= 4 is 5.82 Å². The Hall–Kier alpha value is -3.79. The minimum absolute atomic E-state index is 0.110. The second-order valence-corrected chi connectivity index (χ2v) is 6.42. The molecule has 7 heteroatoms. The maximum atomic E-state index is 12.2. The summed E-state index contributed by atoms with van der Waals surface area (Å²) < 4.78 is 8.16. The van der Waals surface area contributed by atoms with E-state index >= 15 is 0 Å². The largest absolute Gasteiger partial charge is 0.457 e. The Kier molecular flexibility index (Phi) is 5.32. The first-order valence-corrected chi connectivity index (χ1v) is 8.68. The smallest absolute Gasteiger partial charge is 0.332 e. The van der Waals surface area contributed by atoms with Gasteiger partial charge in [0.05, 0.1) is 0 Å². The molecule has 0 saturated heterocycles. The molecular formula is C21H20N4O3. The number of benzene rings is 2. The minimum Gasteiger partial charge on any atom is -0.457 e. The van der Waals surface area contributed by atoms with Gasteiger partial charge in [0.15, 0.2) is 5.56 Å². The summed E-state index contributed by atoms with van der Waals surface area (Å²) in [4.78, 5) is 24.4. The fourth-order valence-corrected chi connectivity index (χ4v) is 2.89. The SMILES string of the molecule is Cc1cccc(Oc2ccccc2CNc2c(C#N)c(=O)n(C)c(=O)n2C)c1. The molecule has 7 nitrogen and oxygen atoms in total. The third-order valence-corrected chi connectivity index (χ3v) is 4.41. The first kappa shape index (κ1) is 19.0. The molecule has 0 spiro atoms. The van der Waals surface area contributed by atoms with Crippen LogP contribution in [0.2, 0.25) is 0 Å². The van der Waals surface area contributed by atoms with E-state index in [9.17, 15) is 14.9 Å². The summed E-state index contributed by atoms with van der Waals surface area (Å²) in [5.41, 5.74) is 0.665. The van der Waals surface area contributed by atoms with Crippen LogP contribution in [0.4, 0.5) is 5.82 Å². The van der Waals surface area contributed by atoms with Gasteiger partial charge in [-0.1, -0.05) is 30.3 Å². The van der Waals surface area contributed by atoms with E-state index in [2.05, 4.69) is 5.32 Å². The third kappa shape index (κ3) is 3.67. The molecule has 28 heavy (non-hydrogen) atoms. The summed E-state index contributed by atoms with van der Waals surface area (Å²) in [7, 11) is 2.86. The van der Waals surface area contributed by atoms with E-state index in [1.807, 2.05) is 61.5 Å². The molecule has 0 unspecified atom stereocenters. The summed E-state index contributed by atoms with van der Waals surface area (Å²) in [6.07, 6.45) is 0. The lowest BCUT2D eigenvalue weighted by Crippen LogP contribution is -2.39. The van der Waals surface area contributed by atoms with Crippen molar-refractivity contribution in [2.24, 2.45) is 14.1 Å². The number of aromatic nitrogens is 2. The van der Waals surface area contributed by atoms with E-state index < -0.39 is 11.2 Å². The summed E-state index contributed by atoms with van der Waals surface area (Å²) in [5, 5.41) is 12.4. The summed E-state index contributed by atoms with van der Waals surface area (Å²) in [5.74, 6) is 1.54. The molecule has 0 fully saturated rings. The van der Waals surface area contributed by atoms with Crippen LogP contribution >= 0.6 is 0 Å². The highest BCUT2D eigenvalue weighted by atomic mass is 16.5. The van der Waals surface area contributed by atoms with Gasteiger partial charge in [0, 0.05) is 26.2 Å². The minimum atomic E-state index is -0.627. The molecule has 0 radical (unpaired) electrons. The molecule has 1 N–H and O–H groups in total. The Labute approximate surface area is 162 Å². The predicted octanol–water partition coefficient (Wildman–Crippen LogP) is 2.67. The van der Waals surface area contributed by atoms with Gasteiger partial charge in [-0.3, -0.25) is 13.9 Å². The van der Waals surface area contributed by atoms with Gasteiger partial charge in [-0.25, -0.2) is 4.79 Å². The number of anilines is 1. The van der Waals surface area contributed by atoms with Crippen LogP contribution in [-0.4, -0.2) is 9.13 Å². The zero-order valence-electron chi connectivity index (χ0n) is 15.9.